The highest BCUT2D eigenvalue weighted by molar-refractivity contribution is 7.86. The third kappa shape index (κ3) is 2.46. The molecule has 9 heteroatoms. The van der Waals surface area contributed by atoms with Crippen molar-refractivity contribution in [3.63, 3.8) is 0 Å². The second-order valence-electron chi connectivity index (χ2n) is 2.70. The number of hydrogen-bond donors (Lipinski definition) is 0. The molecule has 1 aromatic rings. The van der Waals surface area contributed by atoms with Crippen LogP contribution in [0.15, 0.2) is 17.0 Å². The van der Waals surface area contributed by atoms with Crippen LogP contribution in [0.5, 0.6) is 0 Å². The number of benzene rings is 1. The van der Waals surface area contributed by atoms with E-state index in [4.69, 9.17) is 0 Å². The molecule has 0 fully saturated rings. The molecule has 90 valence electrons. The van der Waals surface area contributed by atoms with Gasteiger partial charge >= 0.3 is 16.4 Å². The molecule has 0 spiro atoms. The Morgan fingerprint density at radius 3 is 1.62 bits per heavy atom. The van der Waals surface area contributed by atoms with Crippen molar-refractivity contribution in [1.82, 2.24) is 0 Å². The molecule has 1 aromatic carbocycles. The van der Waals surface area contributed by atoms with Gasteiger partial charge in [0, 0.05) is 0 Å². The molecule has 0 heterocycles. The van der Waals surface area contributed by atoms with Gasteiger partial charge in [0.15, 0.2) is 4.90 Å². The van der Waals surface area contributed by atoms with Crippen LogP contribution in [0, 0.1) is 11.6 Å². The number of halogens is 6. The summed E-state index contributed by atoms with van der Waals surface area (Å²) in [6.07, 6.45) is -5.06. The lowest BCUT2D eigenvalue weighted by molar-refractivity contribution is -0.138. The van der Waals surface area contributed by atoms with Crippen LogP contribution in [0.2, 0.25) is 0 Å². The predicted octanol–water partition coefficient (Wildman–Crippen LogP) is 2.64. The summed E-state index contributed by atoms with van der Waals surface area (Å²) in [7, 11) is -5.74. The summed E-state index contributed by atoms with van der Waals surface area (Å²) in [6, 6.07) is -0.592. The molecule has 16 heavy (non-hydrogen) atoms. The van der Waals surface area contributed by atoms with Gasteiger partial charge in [0.25, 0.3) is 0 Å². The van der Waals surface area contributed by atoms with Crippen molar-refractivity contribution < 1.29 is 34.3 Å². The molecule has 0 aliphatic rings. The fraction of sp³-hybridized carbons (Fsp3) is 0.143. The largest absolute Gasteiger partial charge is 0.416 e. The summed E-state index contributed by atoms with van der Waals surface area (Å²) in [4.78, 5) is -2.03. The smallest absolute Gasteiger partial charge is 0.205 e. The molecule has 0 radical (unpaired) electrons. The van der Waals surface area contributed by atoms with Gasteiger partial charge in [0.1, 0.15) is 11.6 Å². The number of hydrogen-bond acceptors (Lipinski definition) is 2. The average Bonchev–Trinajstić information content (AvgIpc) is 1.97. The lowest BCUT2D eigenvalue weighted by atomic mass is 10.2. The summed E-state index contributed by atoms with van der Waals surface area (Å²) < 4.78 is 94.3. The summed E-state index contributed by atoms with van der Waals surface area (Å²) in [6.45, 7) is 0. The fourth-order valence-electron chi connectivity index (χ4n) is 0.956. The molecule has 0 saturated carbocycles. The normalized spacial score (nSPS) is 12.9. The Morgan fingerprint density at radius 1 is 1.00 bits per heavy atom. The lowest BCUT2D eigenvalue weighted by Gasteiger charge is -2.08. The molecule has 0 amide bonds. The zero-order valence-corrected chi connectivity index (χ0v) is 7.96. The van der Waals surface area contributed by atoms with E-state index in [2.05, 4.69) is 0 Å². The van der Waals surface area contributed by atoms with Gasteiger partial charge in [0.05, 0.1) is 5.56 Å². The first kappa shape index (κ1) is 12.8. The van der Waals surface area contributed by atoms with E-state index in [0.29, 0.717) is 0 Å². The van der Waals surface area contributed by atoms with Crippen molar-refractivity contribution in [1.29, 1.82) is 0 Å². The Balaban J connectivity index is 3.53. The van der Waals surface area contributed by atoms with Gasteiger partial charge < -0.3 is 0 Å². The van der Waals surface area contributed by atoms with Gasteiger partial charge in [-0.3, -0.25) is 0 Å². The Bertz CT molecular complexity index is 495. The van der Waals surface area contributed by atoms with Crippen LogP contribution in [-0.2, 0) is 16.4 Å². The highest BCUT2D eigenvalue weighted by Gasteiger charge is 2.34. The Labute approximate surface area is 85.7 Å². The zero-order valence-electron chi connectivity index (χ0n) is 7.15. The van der Waals surface area contributed by atoms with Crippen LogP contribution >= 0.6 is 0 Å². The maximum atomic E-state index is 12.8. The van der Waals surface area contributed by atoms with Crippen molar-refractivity contribution in [2.75, 3.05) is 0 Å². The SMILES string of the molecule is O=S(=O)(F)c1c(F)cc(C(F)(F)F)cc1F. The lowest BCUT2D eigenvalue weighted by Crippen LogP contribution is -2.09. The van der Waals surface area contributed by atoms with Gasteiger partial charge in [-0.1, -0.05) is 0 Å². The molecule has 0 N–H and O–H groups in total. The minimum absolute atomic E-state index is 0.296. The minimum atomic E-state index is -5.74. The number of rotatable bonds is 1. The maximum absolute atomic E-state index is 12.8. The molecule has 0 aliphatic heterocycles. The third-order valence-corrected chi connectivity index (χ3v) is 2.45. The van der Waals surface area contributed by atoms with Crippen LogP contribution in [0.4, 0.5) is 25.8 Å². The van der Waals surface area contributed by atoms with Crippen molar-refractivity contribution in [3.8, 4) is 0 Å². The molecule has 2 nitrogen and oxygen atoms in total. The van der Waals surface area contributed by atoms with Crippen LogP contribution in [0.25, 0.3) is 0 Å². The first-order valence-corrected chi connectivity index (χ1v) is 4.92. The van der Waals surface area contributed by atoms with Crippen LogP contribution in [0.3, 0.4) is 0 Å². The molecule has 0 atom stereocenters. The monoisotopic (exact) mass is 264 g/mol. The van der Waals surface area contributed by atoms with E-state index in [0.717, 1.165) is 0 Å². The van der Waals surface area contributed by atoms with E-state index in [1.807, 2.05) is 0 Å². The molecular weight excluding hydrogens is 262 g/mol. The van der Waals surface area contributed by atoms with Crippen LogP contribution in [-0.4, -0.2) is 8.42 Å². The van der Waals surface area contributed by atoms with Gasteiger partial charge in [-0.15, -0.1) is 3.89 Å². The van der Waals surface area contributed by atoms with Gasteiger partial charge in [-0.25, -0.2) is 8.78 Å². The molecule has 0 aromatic heterocycles. The predicted molar refractivity (Wildman–Crippen MR) is 39.7 cm³/mol. The second kappa shape index (κ2) is 3.65. The molecule has 0 aliphatic carbocycles. The average molecular weight is 264 g/mol. The molecule has 1 rings (SSSR count). The van der Waals surface area contributed by atoms with Crippen LogP contribution in [0.1, 0.15) is 5.56 Å². The van der Waals surface area contributed by atoms with E-state index in [9.17, 15) is 34.3 Å². The molecule has 0 bridgehead atoms. The summed E-state index contributed by atoms with van der Waals surface area (Å²) in [5.74, 6) is -4.26. The van der Waals surface area contributed by atoms with E-state index in [-0.39, 0.29) is 12.1 Å². The van der Waals surface area contributed by atoms with E-state index >= 15 is 0 Å². The number of alkyl halides is 3. The van der Waals surface area contributed by atoms with E-state index < -0.39 is 38.5 Å². The van der Waals surface area contributed by atoms with Crippen molar-refractivity contribution >= 4 is 10.2 Å². The Morgan fingerprint density at radius 2 is 1.38 bits per heavy atom. The first-order valence-electron chi connectivity index (χ1n) is 3.54. The standard InChI is InChI=1S/C7H2F6O2S/c8-4-1-3(7(10,11)12)2-5(9)6(4)16(13,14)15/h1-2H. The topological polar surface area (TPSA) is 34.1 Å². The molecule has 0 saturated heterocycles. The van der Waals surface area contributed by atoms with Crippen molar-refractivity contribution in [3.05, 3.63) is 29.3 Å². The third-order valence-electron chi connectivity index (χ3n) is 1.57. The molecule has 0 unspecified atom stereocenters. The second-order valence-corrected chi connectivity index (χ2v) is 3.99. The Hall–Kier alpha value is -1.25. The van der Waals surface area contributed by atoms with E-state index in [1.54, 1.807) is 0 Å². The fourth-order valence-corrected chi connectivity index (χ4v) is 1.54. The van der Waals surface area contributed by atoms with Gasteiger partial charge in [-0.2, -0.15) is 21.6 Å². The molecular formula is C7H2F6O2S. The van der Waals surface area contributed by atoms with Gasteiger partial charge in [0.2, 0.25) is 0 Å². The quantitative estimate of drug-likeness (QED) is 0.577. The summed E-state index contributed by atoms with van der Waals surface area (Å²) in [5.41, 5.74) is -1.74. The minimum Gasteiger partial charge on any atom is -0.205 e. The first-order chi connectivity index (χ1) is 7.03. The van der Waals surface area contributed by atoms with Crippen molar-refractivity contribution in [2.24, 2.45) is 0 Å². The van der Waals surface area contributed by atoms with Gasteiger partial charge in [-0.05, 0) is 12.1 Å². The summed E-state index contributed by atoms with van der Waals surface area (Å²) in [5, 5.41) is 0. The maximum Gasteiger partial charge on any atom is 0.416 e. The van der Waals surface area contributed by atoms with Crippen molar-refractivity contribution in [2.45, 2.75) is 11.1 Å². The zero-order chi connectivity index (χ0) is 12.7. The van der Waals surface area contributed by atoms with Crippen LogP contribution < -0.4 is 0 Å². The highest BCUT2D eigenvalue weighted by atomic mass is 32.3. The Kier molecular flexibility index (Phi) is 2.92. The van der Waals surface area contributed by atoms with E-state index in [1.165, 1.54) is 0 Å². The highest BCUT2D eigenvalue weighted by Crippen LogP contribution is 2.32. The summed E-state index contributed by atoms with van der Waals surface area (Å²) >= 11 is 0.